The van der Waals surface area contributed by atoms with Crippen LogP contribution in [0, 0.1) is 6.92 Å². The standard InChI is InChI=1S/C17H21N5O/c1-13-3-2-4-14(9-13)12-21-5-7-22(8-6-21)16-11-19-10-15(20-16)17(18)23/h2-4,9-11H,5-8,12H2,1H3,(H2,18,23). The quantitative estimate of drug-likeness (QED) is 0.918. The number of carbonyl (C=O) groups is 1. The van der Waals surface area contributed by atoms with Gasteiger partial charge in [-0.2, -0.15) is 0 Å². The first-order chi connectivity index (χ1) is 11.1. The zero-order chi connectivity index (χ0) is 16.2. The van der Waals surface area contributed by atoms with E-state index in [1.54, 1.807) is 6.20 Å². The Morgan fingerprint density at radius 1 is 1.22 bits per heavy atom. The van der Waals surface area contributed by atoms with Crippen molar-refractivity contribution in [3.05, 3.63) is 53.5 Å². The van der Waals surface area contributed by atoms with Crippen LogP contribution in [0.1, 0.15) is 21.6 Å². The van der Waals surface area contributed by atoms with Crippen molar-refractivity contribution >= 4 is 11.7 Å². The highest BCUT2D eigenvalue weighted by molar-refractivity contribution is 5.90. The molecule has 0 aliphatic carbocycles. The highest BCUT2D eigenvalue weighted by atomic mass is 16.1. The molecule has 1 saturated heterocycles. The van der Waals surface area contributed by atoms with Gasteiger partial charge in [0.05, 0.1) is 12.4 Å². The lowest BCUT2D eigenvalue weighted by Gasteiger charge is -2.35. The number of piperazine rings is 1. The summed E-state index contributed by atoms with van der Waals surface area (Å²) < 4.78 is 0. The van der Waals surface area contributed by atoms with E-state index >= 15 is 0 Å². The second-order valence-electron chi connectivity index (χ2n) is 5.88. The molecule has 0 bridgehead atoms. The first-order valence-electron chi connectivity index (χ1n) is 7.76. The molecule has 2 heterocycles. The van der Waals surface area contributed by atoms with E-state index in [0.717, 1.165) is 38.5 Å². The maximum atomic E-state index is 11.2. The van der Waals surface area contributed by atoms with Gasteiger partial charge in [-0.1, -0.05) is 29.8 Å². The first-order valence-corrected chi connectivity index (χ1v) is 7.76. The lowest BCUT2D eigenvalue weighted by molar-refractivity contribution is 0.0995. The van der Waals surface area contributed by atoms with Gasteiger partial charge in [0.1, 0.15) is 11.5 Å². The van der Waals surface area contributed by atoms with Crippen molar-refractivity contribution in [3.8, 4) is 0 Å². The molecule has 1 aliphatic rings. The molecule has 0 atom stereocenters. The van der Waals surface area contributed by atoms with Gasteiger partial charge in [-0.05, 0) is 12.5 Å². The van der Waals surface area contributed by atoms with Gasteiger partial charge in [-0.25, -0.2) is 4.98 Å². The Morgan fingerprint density at radius 3 is 2.70 bits per heavy atom. The third-order valence-corrected chi connectivity index (χ3v) is 4.06. The lowest BCUT2D eigenvalue weighted by atomic mass is 10.1. The molecule has 120 valence electrons. The van der Waals surface area contributed by atoms with Gasteiger partial charge in [-0.15, -0.1) is 0 Å². The van der Waals surface area contributed by atoms with E-state index in [1.165, 1.54) is 17.3 Å². The predicted octanol–water partition coefficient (Wildman–Crippen LogP) is 1.21. The molecular formula is C17H21N5O. The number of nitrogens with zero attached hydrogens (tertiary/aromatic N) is 4. The van der Waals surface area contributed by atoms with Gasteiger partial charge >= 0.3 is 0 Å². The molecule has 0 spiro atoms. The molecule has 6 heteroatoms. The second kappa shape index (κ2) is 6.75. The molecule has 0 unspecified atom stereocenters. The minimum Gasteiger partial charge on any atom is -0.364 e. The van der Waals surface area contributed by atoms with Gasteiger partial charge < -0.3 is 10.6 Å². The predicted molar refractivity (Wildman–Crippen MR) is 89.2 cm³/mol. The van der Waals surface area contributed by atoms with Crippen molar-refractivity contribution in [3.63, 3.8) is 0 Å². The average molecular weight is 311 g/mol. The summed E-state index contributed by atoms with van der Waals surface area (Å²) in [5.74, 6) is 0.175. The molecule has 1 aromatic heterocycles. The fourth-order valence-corrected chi connectivity index (χ4v) is 2.83. The van der Waals surface area contributed by atoms with Crippen molar-refractivity contribution in [2.24, 2.45) is 5.73 Å². The molecule has 2 aromatic rings. The number of aromatic nitrogens is 2. The van der Waals surface area contributed by atoms with E-state index in [4.69, 9.17) is 5.73 Å². The summed E-state index contributed by atoms with van der Waals surface area (Å²) in [6.07, 6.45) is 3.09. The molecule has 1 fully saturated rings. The van der Waals surface area contributed by atoms with Crippen LogP contribution in [0.3, 0.4) is 0 Å². The fourth-order valence-electron chi connectivity index (χ4n) is 2.83. The smallest absolute Gasteiger partial charge is 0.268 e. The fraction of sp³-hybridized carbons (Fsp3) is 0.353. The van der Waals surface area contributed by atoms with E-state index in [0.29, 0.717) is 0 Å². The maximum absolute atomic E-state index is 11.2. The van der Waals surface area contributed by atoms with E-state index in [1.807, 2.05) is 0 Å². The third kappa shape index (κ3) is 3.84. The number of benzene rings is 1. The van der Waals surface area contributed by atoms with Gasteiger partial charge in [0.25, 0.3) is 5.91 Å². The summed E-state index contributed by atoms with van der Waals surface area (Å²) in [5, 5.41) is 0. The number of primary amides is 1. The summed E-state index contributed by atoms with van der Waals surface area (Å²) in [6.45, 7) is 6.71. The molecule has 23 heavy (non-hydrogen) atoms. The van der Waals surface area contributed by atoms with Gasteiger partial charge in [0.2, 0.25) is 0 Å². The zero-order valence-corrected chi connectivity index (χ0v) is 13.3. The topological polar surface area (TPSA) is 75.3 Å². The highest BCUT2D eigenvalue weighted by Gasteiger charge is 2.19. The molecule has 0 saturated carbocycles. The molecule has 6 nitrogen and oxygen atoms in total. The monoisotopic (exact) mass is 311 g/mol. The first kappa shape index (κ1) is 15.4. The van der Waals surface area contributed by atoms with Crippen LogP contribution < -0.4 is 10.6 Å². The zero-order valence-electron chi connectivity index (χ0n) is 13.3. The van der Waals surface area contributed by atoms with Crippen molar-refractivity contribution in [2.45, 2.75) is 13.5 Å². The van der Waals surface area contributed by atoms with Crippen LogP contribution in [-0.4, -0.2) is 47.0 Å². The molecule has 2 N–H and O–H groups in total. The van der Waals surface area contributed by atoms with Crippen LogP contribution in [-0.2, 0) is 6.54 Å². The SMILES string of the molecule is Cc1cccc(CN2CCN(c3cncc(C(N)=O)n3)CC2)c1. The van der Waals surface area contributed by atoms with Gasteiger partial charge in [-0.3, -0.25) is 14.7 Å². The summed E-state index contributed by atoms with van der Waals surface area (Å²) in [4.78, 5) is 24.1. The number of hydrogen-bond acceptors (Lipinski definition) is 5. The van der Waals surface area contributed by atoms with E-state index in [2.05, 4.69) is 51.0 Å². The molecular weight excluding hydrogens is 290 g/mol. The maximum Gasteiger partial charge on any atom is 0.268 e. The minimum atomic E-state index is -0.544. The van der Waals surface area contributed by atoms with Crippen LogP contribution in [0.2, 0.25) is 0 Å². The number of rotatable bonds is 4. The summed E-state index contributed by atoms with van der Waals surface area (Å²) >= 11 is 0. The van der Waals surface area contributed by atoms with Crippen molar-refractivity contribution in [2.75, 3.05) is 31.1 Å². The van der Waals surface area contributed by atoms with Crippen LogP contribution in [0.5, 0.6) is 0 Å². The molecule has 1 aromatic carbocycles. The summed E-state index contributed by atoms with van der Waals surface area (Å²) in [7, 11) is 0. The molecule has 3 rings (SSSR count). The third-order valence-electron chi connectivity index (χ3n) is 4.06. The Balaban J connectivity index is 1.60. The Bertz CT molecular complexity index is 695. The van der Waals surface area contributed by atoms with Crippen LogP contribution in [0.25, 0.3) is 0 Å². The molecule has 1 amide bonds. The van der Waals surface area contributed by atoms with E-state index in [9.17, 15) is 4.79 Å². The largest absolute Gasteiger partial charge is 0.364 e. The highest BCUT2D eigenvalue weighted by Crippen LogP contribution is 2.15. The molecule has 1 aliphatic heterocycles. The van der Waals surface area contributed by atoms with Crippen molar-refractivity contribution < 1.29 is 4.79 Å². The number of nitrogens with two attached hydrogens (primary N) is 1. The number of carbonyl (C=O) groups excluding carboxylic acids is 1. The number of hydrogen-bond donors (Lipinski definition) is 1. The van der Waals surface area contributed by atoms with Gasteiger partial charge in [0.15, 0.2) is 0 Å². The van der Waals surface area contributed by atoms with Gasteiger partial charge in [0, 0.05) is 32.7 Å². The Labute approximate surface area is 135 Å². The van der Waals surface area contributed by atoms with Crippen molar-refractivity contribution in [1.82, 2.24) is 14.9 Å². The normalized spacial score (nSPS) is 15.6. The van der Waals surface area contributed by atoms with E-state index < -0.39 is 5.91 Å². The summed E-state index contributed by atoms with van der Waals surface area (Å²) in [6, 6.07) is 8.62. The lowest BCUT2D eigenvalue weighted by Crippen LogP contribution is -2.46. The van der Waals surface area contributed by atoms with Crippen LogP contribution in [0.15, 0.2) is 36.7 Å². The molecule has 0 radical (unpaired) electrons. The van der Waals surface area contributed by atoms with E-state index in [-0.39, 0.29) is 5.69 Å². The minimum absolute atomic E-state index is 0.213. The second-order valence-corrected chi connectivity index (χ2v) is 5.88. The van der Waals surface area contributed by atoms with Crippen LogP contribution >= 0.6 is 0 Å². The summed E-state index contributed by atoms with van der Waals surface area (Å²) in [5.41, 5.74) is 8.11. The number of aryl methyl sites for hydroxylation is 1. The average Bonchev–Trinajstić information content (AvgIpc) is 2.56. The number of amides is 1. The van der Waals surface area contributed by atoms with Crippen molar-refractivity contribution in [1.29, 1.82) is 0 Å². The Morgan fingerprint density at radius 2 is 2.00 bits per heavy atom. The Hall–Kier alpha value is -2.47. The Kier molecular flexibility index (Phi) is 4.52. The van der Waals surface area contributed by atoms with Crippen LogP contribution in [0.4, 0.5) is 5.82 Å². The number of anilines is 1.